The van der Waals surface area contributed by atoms with E-state index in [1.54, 1.807) is 18.6 Å². The Kier molecular flexibility index (Phi) is 4.01. The van der Waals surface area contributed by atoms with Crippen molar-refractivity contribution in [3.8, 4) is 0 Å². The Hall–Kier alpha value is -2.37. The van der Waals surface area contributed by atoms with Crippen LogP contribution in [0.1, 0.15) is 51.2 Å². The summed E-state index contributed by atoms with van der Waals surface area (Å²) in [5.74, 6) is -1.05. The molecule has 6 nitrogen and oxygen atoms in total. The van der Waals surface area contributed by atoms with Crippen LogP contribution in [0.4, 0.5) is 0 Å². The van der Waals surface area contributed by atoms with E-state index in [1.165, 1.54) is 6.92 Å². The Morgan fingerprint density at radius 1 is 1.31 bits per heavy atom. The van der Waals surface area contributed by atoms with Crippen molar-refractivity contribution in [2.24, 2.45) is 17.3 Å². The second-order valence-corrected chi connectivity index (χ2v) is 7.71. The molecule has 1 aromatic heterocycles. The quantitative estimate of drug-likeness (QED) is 0.769. The van der Waals surface area contributed by atoms with E-state index in [4.69, 9.17) is 13.9 Å². The van der Waals surface area contributed by atoms with Gasteiger partial charge in [-0.3, -0.25) is 9.59 Å². The maximum absolute atomic E-state index is 12.7. The third kappa shape index (κ3) is 2.50. The van der Waals surface area contributed by atoms with Crippen LogP contribution >= 0.6 is 0 Å². The highest BCUT2D eigenvalue weighted by molar-refractivity contribution is 5.94. The molecular weight excluding hydrogens is 336 g/mol. The SMILES string of the molecule is CC(=O)CC1OC(=O)C2=CCCC(C3CC(c4ccoc4)OC3=O)C21C. The van der Waals surface area contributed by atoms with Crippen LogP contribution in [0.25, 0.3) is 0 Å². The third-order valence-corrected chi connectivity index (χ3v) is 6.22. The molecule has 2 fully saturated rings. The van der Waals surface area contributed by atoms with E-state index in [9.17, 15) is 14.4 Å². The van der Waals surface area contributed by atoms with E-state index in [1.807, 2.05) is 13.0 Å². The van der Waals surface area contributed by atoms with Gasteiger partial charge in [-0.1, -0.05) is 13.0 Å². The molecule has 5 atom stereocenters. The summed E-state index contributed by atoms with van der Waals surface area (Å²) in [7, 11) is 0. The van der Waals surface area contributed by atoms with Gasteiger partial charge in [0.25, 0.3) is 0 Å². The number of ketones is 1. The number of rotatable bonds is 4. The van der Waals surface area contributed by atoms with E-state index in [0.717, 1.165) is 18.4 Å². The second-order valence-electron chi connectivity index (χ2n) is 7.71. The maximum atomic E-state index is 12.7. The molecule has 5 unspecified atom stereocenters. The van der Waals surface area contributed by atoms with Crippen molar-refractivity contribution in [1.82, 2.24) is 0 Å². The zero-order valence-electron chi connectivity index (χ0n) is 14.9. The number of allylic oxidation sites excluding steroid dienone is 1. The maximum Gasteiger partial charge on any atom is 0.334 e. The predicted molar refractivity (Wildman–Crippen MR) is 89.7 cm³/mol. The molecule has 0 bridgehead atoms. The van der Waals surface area contributed by atoms with Gasteiger partial charge < -0.3 is 13.9 Å². The molecule has 1 aliphatic carbocycles. The zero-order valence-corrected chi connectivity index (χ0v) is 14.9. The van der Waals surface area contributed by atoms with E-state index in [2.05, 4.69) is 0 Å². The summed E-state index contributed by atoms with van der Waals surface area (Å²) in [5.41, 5.74) is 0.812. The molecule has 3 aliphatic rings. The number of fused-ring (bicyclic) bond motifs is 1. The Labute approximate surface area is 151 Å². The molecule has 0 spiro atoms. The molecule has 4 rings (SSSR count). The fourth-order valence-corrected chi connectivity index (χ4v) is 4.88. The van der Waals surface area contributed by atoms with Crippen LogP contribution in [0.2, 0.25) is 0 Å². The van der Waals surface area contributed by atoms with Gasteiger partial charge in [0, 0.05) is 29.4 Å². The van der Waals surface area contributed by atoms with Crippen molar-refractivity contribution < 1.29 is 28.3 Å². The number of esters is 2. The highest BCUT2D eigenvalue weighted by Crippen LogP contribution is 2.56. The fraction of sp³-hybridized carbons (Fsp3) is 0.550. The lowest BCUT2D eigenvalue weighted by molar-refractivity contribution is -0.147. The number of cyclic esters (lactones) is 2. The summed E-state index contributed by atoms with van der Waals surface area (Å²) in [5, 5.41) is 0. The van der Waals surface area contributed by atoms with Crippen LogP contribution < -0.4 is 0 Å². The largest absolute Gasteiger partial charge is 0.472 e. The zero-order chi connectivity index (χ0) is 18.5. The topological polar surface area (TPSA) is 82.8 Å². The van der Waals surface area contributed by atoms with E-state index < -0.39 is 11.5 Å². The first kappa shape index (κ1) is 17.1. The number of carbonyl (C=O) groups excluding carboxylic acids is 3. The van der Waals surface area contributed by atoms with E-state index in [0.29, 0.717) is 12.0 Å². The monoisotopic (exact) mass is 358 g/mol. The molecule has 0 aromatic carbocycles. The molecule has 138 valence electrons. The van der Waals surface area contributed by atoms with Crippen molar-refractivity contribution in [1.29, 1.82) is 0 Å². The minimum absolute atomic E-state index is 0.0279. The Morgan fingerprint density at radius 2 is 2.12 bits per heavy atom. The first-order valence-electron chi connectivity index (χ1n) is 9.05. The standard InChI is InChI=1S/C20H22O6/c1-11(21)8-17-20(2)14(4-3-5-15(20)19(23)26-17)13-9-16(25-18(13)22)12-6-7-24-10-12/h5-7,10,13-14,16-17H,3-4,8-9H2,1-2H3. The van der Waals surface area contributed by atoms with Gasteiger partial charge in [0.15, 0.2) is 0 Å². The minimum atomic E-state index is -0.643. The van der Waals surface area contributed by atoms with Crippen LogP contribution in [0.15, 0.2) is 34.7 Å². The van der Waals surface area contributed by atoms with Gasteiger partial charge in [-0.05, 0) is 31.7 Å². The summed E-state index contributed by atoms with van der Waals surface area (Å²) < 4.78 is 16.3. The molecule has 0 saturated carbocycles. The van der Waals surface area contributed by atoms with Gasteiger partial charge in [0.2, 0.25) is 0 Å². The molecule has 2 saturated heterocycles. The number of hydrogen-bond acceptors (Lipinski definition) is 6. The van der Waals surface area contributed by atoms with Crippen molar-refractivity contribution in [2.75, 3.05) is 0 Å². The molecule has 3 heterocycles. The lowest BCUT2D eigenvalue weighted by Crippen LogP contribution is -2.44. The smallest absolute Gasteiger partial charge is 0.334 e. The average molecular weight is 358 g/mol. The van der Waals surface area contributed by atoms with Crippen molar-refractivity contribution in [3.05, 3.63) is 35.8 Å². The molecule has 1 aromatic rings. The lowest BCUT2D eigenvalue weighted by atomic mass is 9.59. The number of ether oxygens (including phenoxy) is 2. The van der Waals surface area contributed by atoms with Crippen LogP contribution in [0.3, 0.4) is 0 Å². The number of carbonyl (C=O) groups is 3. The van der Waals surface area contributed by atoms with Crippen LogP contribution in [-0.4, -0.2) is 23.8 Å². The van der Waals surface area contributed by atoms with Crippen molar-refractivity contribution in [2.45, 2.75) is 51.7 Å². The van der Waals surface area contributed by atoms with Crippen LogP contribution in [0.5, 0.6) is 0 Å². The first-order chi connectivity index (χ1) is 12.4. The predicted octanol–water partition coefficient (Wildman–Crippen LogP) is 3.13. The molecular formula is C20H22O6. The second kappa shape index (κ2) is 6.11. The Bertz CT molecular complexity index is 776. The summed E-state index contributed by atoms with van der Waals surface area (Å²) in [6.07, 6.45) is 6.42. The number of furan rings is 1. The molecule has 0 amide bonds. The van der Waals surface area contributed by atoms with Crippen molar-refractivity contribution >= 4 is 17.7 Å². The Balaban J connectivity index is 1.65. The van der Waals surface area contributed by atoms with Gasteiger partial charge in [-0.15, -0.1) is 0 Å². The highest BCUT2D eigenvalue weighted by atomic mass is 16.6. The van der Waals surface area contributed by atoms with Crippen LogP contribution in [-0.2, 0) is 23.9 Å². The summed E-state index contributed by atoms with van der Waals surface area (Å²) in [6, 6.07) is 1.80. The molecule has 0 N–H and O–H groups in total. The van der Waals surface area contributed by atoms with Gasteiger partial charge in [0.05, 0.1) is 18.4 Å². The van der Waals surface area contributed by atoms with Crippen molar-refractivity contribution in [3.63, 3.8) is 0 Å². The number of Topliss-reactive ketones (excluding diaryl/α,β-unsaturated/α-hetero) is 1. The fourth-order valence-electron chi connectivity index (χ4n) is 4.88. The van der Waals surface area contributed by atoms with Gasteiger partial charge in [0.1, 0.15) is 18.0 Å². The van der Waals surface area contributed by atoms with Gasteiger partial charge >= 0.3 is 11.9 Å². The van der Waals surface area contributed by atoms with Gasteiger partial charge in [-0.25, -0.2) is 4.79 Å². The van der Waals surface area contributed by atoms with Crippen LogP contribution in [0, 0.1) is 17.3 Å². The normalized spacial score (nSPS) is 36.3. The molecule has 2 aliphatic heterocycles. The minimum Gasteiger partial charge on any atom is -0.472 e. The third-order valence-electron chi connectivity index (χ3n) is 6.22. The molecule has 6 heteroatoms. The van der Waals surface area contributed by atoms with E-state index in [-0.39, 0.29) is 42.1 Å². The first-order valence-corrected chi connectivity index (χ1v) is 9.05. The Morgan fingerprint density at radius 3 is 2.81 bits per heavy atom. The number of hydrogen-bond donors (Lipinski definition) is 0. The average Bonchev–Trinajstić information content (AvgIpc) is 3.27. The molecule has 26 heavy (non-hydrogen) atoms. The van der Waals surface area contributed by atoms with Gasteiger partial charge in [-0.2, -0.15) is 0 Å². The highest BCUT2D eigenvalue weighted by Gasteiger charge is 2.59. The summed E-state index contributed by atoms with van der Waals surface area (Å²) in [4.78, 5) is 36.7. The summed E-state index contributed by atoms with van der Waals surface area (Å²) in [6.45, 7) is 3.45. The summed E-state index contributed by atoms with van der Waals surface area (Å²) >= 11 is 0. The van der Waals surface area contributed by atoms with E-state index >= 15 is 0 Å². The molecule has 0 radical (unpaired) electrons. The lowest BCUT2D eigenvalue weighted by Gasteiger charge is -2.41.